The first-order valence-corrected chi connectivity index (χ1v) is 12.2. The highest BCUT2D eigenvalue weighted by atomic mass is 35.5. The molecule has 0 saturated carbocycles. The second-order valence-electron chi connectivity index (χ2n) is 8.01. The van der Waals surface area contributed by atoms with Gasteiger partial charge in [0.2, 0.25) is 5.88 Å². The Labute approximate surface area is 205 Å². The van der Waals surface area contributed by atoms with Crippen LogP contribution < -0.4 is 4.72 Å². The number of hydrogen-bond acceptors (Lipinski definition) is 7. The summed E-state index contributed by atoms with van der Waals surface area (Å²) < 4.78 is 27.8. The quantitative estimate of drug-likeness (QED) is 0.141. The van der Waals surface area contributed by atoms with E-state index in [1.54, 1.807) is 18.2 Å². The monoisotopic (exact) mass is 513 g/mol. The number of halogens is 1. The number of azo groups is 1. The first-order chi connectivity index (χ1) is 16.5. The van der Waals surface area contributed by atoms with E-state index < -0.39 is 20.6 Å². The summed E-state index contributed by atoms with van der Waals surface area (Å²) in [6.45, 7) is 4.05. The highest BCUT2D eigenvalue weighted by Gasteiger charge is 2.22. The van der Waals surface area contributed by atoms with E-state index in [4.69, 9.17) is 11.6 Å². The van der Waals surface area contributed by atoms with E-state index in [1.807, 2.05) is 26.0 Å². The molecule has 0 unspecified atom stereocenters. The van der Waals surface area contributed by atoms with E-state index in [0.717, 1.165) is 11.6 Å². The molecule has 0 aliphatic heterocycles. The largest absolute Gasteiger partial charge is 0.493 e. The Morgan fingerprint density at radius 2 is 1.86 bits per heavy atom. The molecule has 0 fully saturated rings. The maximum atomic E-state index is 12.8. The number of sulfonamides is 1. The molecule has 0 aliphatic rings. The first-order valence-electron chi connectivity index (χ1n) is 10.4. The van der Waals surface area contributed by atoms with Crippen molar-refractivity contribution in [1.29, 1.82) is 0 Å². The SMILES string of the molecule is CC(C)c1ccc2[nH]c(O)c(N=Nc3ccc(S(=O)(=O)Nc4cccc(Cl)c4)cc3[N+](=O)[O-])c2c1. The molecule has 0 radical (unpaired) electrons. The Kier molecular flexibility index (Phi) is 6.46. The van der Waals surface area contributed by atoms with Crippen LogP contribution in [0.25, 0.3) is 10.9 Å². The number of fused-ring (bicyclic) bond motifs is 1. The van der Waals surface area contributed by atoms with Crippen LogP contribution in [-0.2, 0) is 10.0 Å². The van der Waals surface area contributed by atoms with Crippen molar-refractivity contribution in [2.45, 2.75) is 24.7 Å². The van der Waals surface area contributed by atoms with Crippen LogP contribution >= 0.6 is 11.6 Å². The zero-order valence-electron chi connectivity index (χ0n) is 18.6. The summed E-state index contributed by atoms with van der Waals surface area (Å²) in [5.41, 5.74) is 1.23. The molecular formula is C23H20ClN5O5S. The second kappa shape index (κ2) is 9.35. The summed E-state index contributed by atoms with van der Waals surface area (Å²) in [6, 6.07) is 14.9. The van der Waals surface area contributed by atoms with Crippen molar-refractivity contribution < 1.29 is 18.4 Å². The van der Waals surface area contributed by atoms with Crippen molar-refractivity contribution >= 4 is 55.3 Å². The van der Waals surface area contributed by atoms with Gasteiger partial charge >= 0.3 is 0 Å². The highest BCUT2D eigenvalue weighted by Crippen LogP contribution is 2.39. The third-order valence-electron chi connectivity index (χ3n) is 5.23. The maximum Gasteiger partial charge on any atom is 0.298 e. The fourth-order valence-corrected chi connectivity index (χ4v) is 4.67. The summed E-state index contributed by atoms with van der Waals surface area (Å²) in [7, 11) is -4.14. The molecule has 3 N–H and O–H groups in total. The number of hydrogen-bond donors (Lipinski definition) is 3. The molecule has 0 amide bonds. The van der Waals surface area contributed by atoms with Crippen molar-refractivity contribution in [2.75, 3.05) is 4.72 Å². The zero-order chi connectivity index (χ0) is 25.3. The van der Waals surface area contributed by atoms with Gasteiger partial charge in [0.25, 0.3) is 15.7 Å². The first kappa shape index (κ1) is 24.2. The maximum absolute atomic E-state index is 12.8. The molecule has 1 aromatic heterocycles. The van der Waals surface area contributed by atoms with Gasteiger partial charge < -0.3 is 10.1 Å². The fourth-order valence-electron chi connectivity index (χ4n) is 3.41. The number of nitrogens with zero attached hydrogens (tertiary/aromatic N) is 3. The molecule has 35 heavy (non-hydrogen) atoms. The van der Waals surface area contributed by atoms with Gasteiger partial charge in [0, 0.05) is 16.5 Å². The summed E-state index contributed by atoms with van der Waals surface area (Å²) in [5.74, 6) is -0.00503. The van der Waals surface area contributed by atoms with Gasteiger partial charge in [-0.05, 0) is 53.9 Å². The lowest BCUT2D eigenvalue weighted by Crippen LogP contribution is -2.13. The van der Waals surface area contributed by atoms with Crippen LogP contribution in [0.3, 0.4) is 0 Å². The number of nitro groups is 1. The summed E-state index contributed by atoms with van der Waals surface area (Å²) in [6.07, 6.45) is 0. The number of anilines is 1. The third kappa shape index (κ3) is 5.10. The number of rotatable bonds is 7. The number of H-pyrrole nitrogens is 1. The van der Waals surface area contributed by atoms with E-state index in [1.165, 1.54) is 24.3 Å². The van der Waals surface area contributed by atoms with Crippen molar-refractivity contribution in [3.05, 3.63) is 81.4 Å². The molecule has 4 aromatic rings. The Morgan fingerprint density at radius 1 is 1.09 bits per heavy atom. The van der Waals surface area contributed by atoms with Gasteiger partial charge in [-0.2, -0.15) is 0 Å². The van der Waals surface area contributed by atoms with E-state index in [9.17, 15) is 23.6 Å². The average Bonchev–Trinajstić information content (AvgIpc) is 3.11. The molecule has 180 valence electrons. The van der Waals surface area contributed by atoms with Crippen molar-refractivity contribution in [3.63, 3.8) is 0 Å². The van der Waals surface area contributed by atoms with Gasteiger partial charge in [-0.1, -0.05) is 37.6 Å². The summed E-state index contributed by atoms with van der Waals surface area (Å²) >= 11 is 5.89. The molecule has 0 aliphatic carbocycles. The number of nitro benzene ring substituents is 1. The van der Waals surface area contributed by atoms with Crippen LogP contribution in [0.4, 0.5) is 22.7 Å². The molecule has 0 saturated heterocycles. The van der Waals surface area contributed by atoms with Crippen molar-refractivity contribution in [2.24, 2.45) is 10.2 Å². The van der Waals surface area contributed by atoms with Gasteiger partial charge in [0.05, 0.1) is 21.0 Å². The molecule has 12 heteroatoms. The molecule has 3 aromatic carbocycles. The number of nitrogens with one attached hydrogen (secondary N) is 2. The predicted molar refractivity (Wildman–Crippen MR) is 134 cm³/mol. The van der Waals surface area contributed by atoms with Crippen LogP contribution in [0.15, 0.2) is 75.8 Å². The number of aromatic nitrogens is 1. The normalized spacial score (nSPS) is 12.0. The van der Waals surface area contributed by atoms with E-state index in [2.05, 4.69) is 19.9 Å². The Balaban J connectivity index is 1.71. The third-order valence-corrected chi connectivity index (χ3v) is 6.85. The number of aromatic hydroxyl groups is 1. The topological polar surface area (TPSA) is 150 Å². The minimum atomic E-state index is -4.14. The van der Waals surface area contributed by atoms with Crippen LogP contribution in [0, 0.1) is 10.1 Å². The molecule has 0 bridgehead atoms. The Hall–Kier alpha value is -3.96. The van der Waals surface area contributed by atoms with Crippen LogP contribution in [0.5, 0.6) is 5.88 Å². The minimum Gasteiger partial charge on any atom is -0.493 e. The molecule has 1 heterocycles. The predicted octanol–water partition coefficient (Wildman–Crippen LogP) is 6.77. The minimum absolute atomic E-state index is 0.121. The average molecular weight is 514 g/mol. The zero-order valence-corrected chi connectivity index (χ0v) is 20.1. The van der Waals surface area contributed by atoms with Crippen LogP contribution in [0.1, 0.15) is 25.3 Å². The number of benzene rings is 3. The molecule has 10 nitrogen and oxygen atoms in total. The van der Waals surface area contributed by atoms with Gasteiger partial charge in [0.15, 0.2) is 11.4 Å². The van der Waals surface area contributed by atoms with Crippen molar-refractivity contribution in [3.8, 4) is 5.88 Å². The lowest BCUT2D eigenvalue weighted by atomic mass is 10.0. The molecule has 4 rings (SSSR count). The van der Waals surface area contributed by atoms with Gasteiger partial charge in [-0.3, -0.25) is 14.8 Å². The van der Waals surface area contributed by atoms with E-state index >= 15 is 0 Å². The van der Waals surface area contributed by atoms with Crippen LogP contribution in [0.2, 0.25) is 5.02 Å². The standard InChI is InChI=1S/C23H20ClN5O5S/c1-13(2)14-6-8-19-18(10-14)22(23(30)25-19)27-26-20-9-7-17(12-21(20)29(31)32)35(33,34)28-16-5-3-4-15(24)11-16/h3-13,25,28,30H,1-2H3. The molecular weight excluding hydrogens is 494 g/mol. The lowest BCUT2D eigenvalue weighted by molar-refractivity contribution is -0.384. The van der Waals surface area contributed by atoms with Gasteiger partial charge in [-0.25, -0.2) is 8.42 Å². The van der Waals surface area contributed by atoms with Crippen molar-refractivity contribution in [1.82, 2.24) is 4.98 Å². The number of aromatic amines is 1. The molecule has 0 spiro atoms. The second-order valence-corrected chi connectivity index (χ2v) is 10.1. The molecule has 0 atom stereocenters. The van der Waals surface area contributed by atoms with E-state index in [-0.39, 0.29) is 33.8 Å². The lowest BCUT2D eigenvalue weighted by Gasteiger charge is -2.08. The fraction of sp³-hybridized carbons (Fsp3) is 0.130. The Bertz CT molecular complexity index is 1580. The summed E-state index contributed by atoms with van der Waals surface area (Å²) in [5, 5.41) is 30.9. The van der Waals surface area contributed by atoms with Gasteiger partial charge in [0.1, 0.15) is 0 Å². The highest BCUT2D eigenvalue weighted by molar-refractivity contribution is 7.92. The summed E-state index contributed by atoms with van der Waals surface area (Å²) in [4.78, 5) is 13.4. The van der Waals surface area contributed by atoms with Gasteiger partial charge in [-0.15, -0.1) is 10.2 Å². The smallest absolute Gasteiger partial charge is 0.298 e. The van der Waals surface area contributed by atoms with E-state index in [0.29, 0.717) is 15.9 Å². The van der Waals surface area contributed by atoms with Crippen LogP contribution in [-0.4, -0.2) is 23.4 Å². The Morgan fingerprint density at radius 3 is 2.54 bits per heavy atom.